The third-order valence-corrected chi connectivity index (χ3v) is 1.88. The van der Waals surface area contributed by atoms with E-state index in [1.54, 1.807) is 7.05 Å². The summed E-state index contributed by atoms with van der Waals surface area (Å²) in [6.07, 6.45) is 0.966. The van der Waals surface area contributed by atoms with Crippen LogP contribution in [0.1, 0.15) is 11.1 Å². The van der Waals surface area contributed by atoms with Gasteiger partial charge in [0.1, 0.15) is 0 Å². The first-order valence-electron chi connectivity index (χ1n) is 4.17. The number of hydroxylamine groups is 1. The Labute approximate surface area is 73.5 Å². The van der Waals surface area contributed by atoms with E-state index in [2.05, 4.69) is 36.7 Å². The Hall–Kier alpha value is -0.860. The molecule has 0 aliphatic heterocycles. The molecule has 2 heteroatoms. The summed E-state index contributed by atoms with van der Waals surface area (Å²) in [6.45, 7) is 2.84. The molecule has 2 nitrogen and oxygen atoms in total. The summed E-state index contributed by atoms with van der Waals surface area (Å²) in [5, 5.41) is 0. The Bertz CT molecular complexity index is 235. The van der Waals surface area contributed by atoms with E-state index >= 15 is 0 Å². The van der Waals surface area contributed by atoms with Gasteiger partial charge < -0.3 is 4.84 Å². The Morgan fingerprint density at radius 1 is 1.33 bits per heavy atom. The zero-order valence-corrected chi connectivity index (χ0v) is 7.63. The van der Waals surface area contributed by atoms with Crippen LogP contribution in [0.2, 0.25) is 0 Å². The highest BCUT2D eigenvalue weighted by atomic mass is 16.6. The molecule has 0 unspecified atom stereocenters. The minimum atomic E-state index is 0.724. The van der Waals surface area contributed by atoms with Gasteiger partial charge in [-0.3, -0.25) is 0 Å². The quantitative estimate of drug-likeness (QED) is 0.541. The van der Waals surface area contributed by atoms with Crippen LogP contribution < -0.4 is 5.48 Å². The summed E-state index contributed by atoms with van der Waals surface area (Å²) in [7, 11) is 1.78. The average molecular weight is 165 g/mol. The molecular weight excluding hydrogens is 150 g/mol. The number of hydrogen-bond donors (Lipinski definition) is 1. The summed E-state index contributed by atoms with van der Waals surface area (Å²) in [4.78, 5) is 5.04. The first kappa shape index (κ1) is 9.23. The highest BCUT2D eigenvalue weighted by molar-refractivity contribution is 5.25. The highest BCUT2D eigenvalue weighted by Crippen LogP contribution is 2.06. The maximum absolute atomic E-state index is 5.04. The van der Waals surface area contributed by atoms with Crippen molar-refractivity contribution in [2.75, 3.05) is 13.7 Å². The molecule has 0 saturated heterocycles. The summed E-state index contributed by atoms with van der Waals surface area (Å²) in [5.74, 6) is 0. The molecule has 0 heterocycles. The predicted molar refractivity (Wildman–Crippen MR) is 49.9 cm³/mol. The van der Waals surface area contributed by atoms with Crippen LogP contribution in [-0.4, -0.2) is 13.7 Å². The number of rotatable bonds is 4. The van der Waals surface area contributed by atoms with Crippen LogP contribution in [0.25, 0.3) is 0 Å². The Morgan fingerprint density at radius 2 is 2.08 bits per heavy atom. The lowest BCUT2D eigenvalue weighted by Crippen LogP contribution is -2.10. The van der Waals surface area contributed by atoms with Gasteiger partial charge in [-0.15, -0.1) is 0 Å². The van der Waals surface area contributed by atoms with Crippen molar-refractivity contribution in [1.82, 2.24) is 5.48 Å². The fraction of sp³-hybridized carbons (Fsp3) is 0.400. The second-order valence-corrected chi connectivity index (χ2v) is 2.73. The summed E-state index contributed by atoms with van der Waals surface area (Å²) >= 11 is 0. The van der Waals surface area contributed by atoms with Crippen molar-refractivity contribution < 1.29 is 4.84 Å². The monoisotopic (exact) mass is 165 g/mol. The van der Waals surface area contributed by atoms with Gasteiger partial charge in [0, 0.05) is 7.05 Å². The van der Waals surface area contributed by atoms with Gasteiger partial charge in [-0.2, -0.15) is 0 Å². The molecule has 0 aliphatic carbocycles. The SMILES string of the molecule is CNOCCc1ccccc1C. The third-order valence-electron chi connectivity index (χ3n) is 1.88. The first-order valence-corrected chi connectivity index (χ1v) is 4.17. The lowest BCUT2D eigenvalue weighted by Gasteiger charge is -2.04. The topological polar surface area (TPSA) is 21.3 Å². The Balaban J connectivity index is 2.46. The smallest absolute Gasteiger partial charge is 0.0722 e. The number of nitrogens with one attached hydrogen (secondary N) is 1. The van der Waals surface area contributed by atoms with E-state index in [0.29, 0.717) is 0 Å². The van der Waals surface area contributed by atoms with Crippen LogP contribution in [-0.2, 0) is 11.3 Å². The lowest BCUT2D eigenvalue weighted by atomic mass is 10.1. The fourth-order valence-corrected chi connectivity index (χ4v) is 1.15. The van der Waals surface area contributed by atoms with Crippen molar-refractivity contribution >= 4 is 0 Å². The van der Waals surface area contributed by atoms with Crippen LogP contribution >= 0.6 is 0 Å². The molecule has 0 aromatic heterocycles. The van der Waals surface area contributed by atoms with Crippen molar-refractivity contribution in [1.29, 1.82) is 0 Å². The molecule has 0 atom stereocenters. The van der Waals surface area contributed by atoms with Gasteiger partial charge in [0.05, 0.1) is 6.61 Å². The van der Waals surface area contributed by atoms with Gasteiger partial charge in [0.15, 0.2) is 0 Å². The molecule has 1 N–H and O–H groups in total. The van der Waals surface area contributed by atoms with Gasteiger partial charge in [-0.05, 0) is 24.5 Å². The first-order chi connectivity index (χ1) is 5.84. The van der Waals surface area contributed by atoms with Gasteiger partial charge >= 0.3 is 0 Å². The van der Waals surface area contributed by atoms with Crippen molar-refractivity contribution in [2.45, 2.75) is 13.3 Å². The van der Waals surface area contributed by atoms with E-state index in [1.165, 1.54) is 11.1 Å². The minimum Gasteiger partial charge on any atom is -0.302 e. The van der Waals surface area contributed by atoms with Crippen molar-refractivity contribution in [3.05, 3.63) is 35.4 Å². The zero-order chi connectivity index (χ0) is 8.81. The second-order valence-electron chi connectivity index (χ2n) is 2.73. The number of aryl methyl sites for hydroxylation is 1. The lowest BCUT2D eigenvalue weighted by molar-refractivity contribution is 0.0603. The fourth-order valence-electron chi connectivity index (χ4n) is 1.15. The van der Waals surface area contributed by atoms with E-state index in [9.17, 15) is 0 Å². The van der Waals surface area contributed by atoms with Crippen LogP contribution in [0, 0.1) is 6.92 Å². The molecule has 0 fully saturated rings. The third kappa shape index (κ3) is 2.64. The van der Waals surface area contributed by atoms with E-state index in [-0.39, 0.29) is 0 Å². The van der Waals surface area contributed by atoms with E-state index in [0.717, 1.165) is 13.0 Å². The van der Waals surface area contributed by atoms with E-state index in [1.807, 2.05) is 0 Å². The number of hydrogen-bond acceptors (Lipinski definition) is 2. The van der Waals surface area contributed by atoms with Gasteiger partial charge in [-0.25, -0.2) is 5.48 Å². The second kappa shape index (κ2) is 4.91. The molecule has 0 amide bonds. The molecule has 0 aliphatic rings. The molecule has 66 valence electrons. The van der Waals surface area contributed by atoms with Crippen molar-refractivity contribution in [3.8, 4) is 0 Å². The van der Waals surface area contributed by atoms with Crippen LogP contribution in [0.4, 0.5) is 0 Å². The minimum absolute atomic E-state index is 0.724. The normalized spacial score (nSPS) is 10.2. The average Bonchev–Trinajstić information content (AvgIpc) is 2.09. The van der Waals surface area contributed by atoms with Gasteiger partial charge in [0.2, 0.25) is 0 Å². The molecule has 1 aromatic rings. The van der Waals surface area contributed by atoms with Crippen LogP contribution in [0.5, 0.6) is 0 Å². The van der Waals surface area contributed by atoms with Gasteiger partial charge in [-0.1, -0.05) is 24.3 Å². The Kier molecular flexibility index (Phi) is 3.77. The molecule has 0 spiro atoms. The molecule has 0 radical (unpaired) electrons. The number of benzene rings is 1. The summed E-state index contributed by atoms with van der Waals surface area (Å²) < 4.78 is 0. The van der Waals surface area contributed by atoms with Crippen molar-refractivity contribution in [2.24, 2.45) is 0 Å². The highest BCUT2D eigenvalue weighted by Gasteiger charge is 1.95. The van der Waals surface area contributed by atoms with Gasteiger partial charge in [0.25, 0.3) is 0 Å². The van der Waals surface area contributed by atoms with Crippen LogP contribution in [0.3, 0.4) is 0 Å². The maximum atomic E-state index is 5.04. The van der Waals surface area contributed by atoms with Crippen molar-refractivity contribution in [3.63, 3.8) is 0 Å². The molecular formula is C10H15NO. The molecule has 1 aromatic carbocycles. The summed E-state index contributed by atoms with van der Waals surface area (Å²) in [5.41, 5.74) is 5.34. The molecule has 12 heavy (non-hydrogen) atoms. The van der Waals surface area contributed by atoms with E-state index in [4.69, 9.17) is 4.84 Å². The molecule has 0 saturated carbocycles. The molecule has 0 bridgehead atoms. The standard InChI is InChI=1S/C10H15NO/c1-9-5-3-4-6-10(9)7-8-12-11-2/h3-6,11H,7-8H2,1-2H3. The Morgan fingerprint density at radius 3 is 2.75 bits per heavy atom. The largest absolute Gasteiger partial charge is 0.302 e. The van der Waals surface area contributed by atoms with E-state index < -0.39 is 0 Å². The zero-order valence-electron chi connectivity index (χ0n) is 7.63. The molecule has 1 rings (SSSR count). The van der Waals surface area contributed by atoms with Crippen LogP contribution in [0.15, 0.2) is 24.3 Å². The summed E-state index contributed by atoms with van der Waals surface area (Å²) in [6, 6.07) is 8.36. The predicted octanol–water partition coefficient (Wildman–Crippen LogP) is 1.69. The maximum Gasteiger partial charge on any atom is 0.0722 e.